The number of halogens is 2. The van der Waals surface area contributed by atoms with Crippen molar-refractivity contribution < 1.29 is 8.78 Å². The van der Waals surface area contributed by atoms with Crippen molar-refractivity contribution in [2.24, 2.45) is 5.73 Å². The monoisotopic (exact) mass is 300 g/mol. The van der Waals surface area contributed by atoms with Gasteiger partial charge in [-0.3, -0.25) is 0 Å². The van der Waals surface area contributed by atoms with Crippen molar-refractivity contribution >= 4 is 0 Å². The summed E-state index contributed by atoms with van der Waals surface area (Å²) in [5, 5.41) is 8.04. The molecule has 2 aromatic carbocycles. The summed E-state index contributed by atoms with van der Waals surface area (Å²) >= 11 is 0. The van der Waals surface area contributed by atoms with Gasteiger partial charge in [0.1, 0.15) is 17.3 Å². The number of rotatable bonds is 4. The van der Waals surface area contributed by atoms with E-state index in [1.165, 1.54) is 22.9 Å². The van der Waals surface area contributed by atoms with Crippen LogP contribution in [0, 0.1) is 11.6 Å². The topological polar surface area (TPSA) is 56.7 Å². The maximum atomic E-state index is 13.8. The zero-order valence-electron chi connectivity index (χ0n) is 11.7. The van der Waals surface area contributed by atoms with Crippen LogP contribution in [-0.4, -0.2) is 15.0 Å². The van der Waals surface area contributed by atoms with Crippen molar-refractivity contribution in [2.45, 2.75) is 13.1 Å². The lowest BCUT2D eigenvalue weighted by atomic mass is 10.1. The number of nitrogens with zero attached hydrogens (tertiary/aromatic N) is 3. The smallest absolute Gasteiger partial charge is 0.128 e. The lowest BCUT2D eigenvalue weighted by molar-refractivity contribution is 0.579. The van der Waals surface area contributed by atoms with E-state index in [2.05, 4.69) is 10.3 Å². The van der Waals surface area contributed by atoms with Crippen LogP contribution in [0.2, 0.25) is 0 Å². The Bertz CT molecular complexity index is 798. The molecule has 0 unspecified atom stereocenters. The average Bonchev–Trinajstić information content (AvgIpc) is 2.92. The van der Waals surface area contributed by atoms with E-state index in [-0.39, 0.29) is 24.7 Å². The van der Waals surface area contributed by atoms with E-state index in [1.807, 2.05) is 0 Å². The highest BCUT2D eigenvalue weighted by atomic mass is 19.1. The van der Waals surface area contributed by atoms with Gasteiger partial charge in [-0.1, -0.05) is 35.5 Å². The number of nitrogens with two attached hydrogens (primary N) is 1. The molecule has 3 rings (SSSR count). The Balaban J connectivity index is 2.06. The first-order valence-corrected chi connectivity index (χ1v) is 6.81. The third-order valence-electron chi connectivity index (χ3n) is 3.37. The fraction of sp³-hybridized carbons (Fsp3) is 0.125. The van der Waals surface area contributed by atoms with Crippen molar-refractivity contribution in [3.63, 3.8) is 0 Å². The molecule has 112 valence electrons. The summed E-state index contributed by atoms with van der Waals surface area (Å²) in [6.07, 6.45) is 0. The van der Waals surface area contributed by atoms with E-state index in [0.717, 1.165) is 0 Å². The molecule has 0 saturated carbocycles. The van der Waals surface area contributed by atoms with Gasteiger partial charge in [0.15, 0.2) is 0 Å². The van der Waals surface area contributed by atoms with Crippen molar-refractivity contribution in [2.75, 3.05) is 0 Å². The number of aromatic nitrogens is 3. The summed E-state index contributed by atoms with van der Waals surface area (Å²) in [6.45, 7) is 0.370. The van der Waals surface area contributed by atoms with Gasteiger partial charge in [-0.15, -0.1) is 5.10 Å². The SMILES string of the molecule is NCc1nnn(Cc2ccccc2F)c1-c1cccc(F)c1. The Labute approximate surface area is 126 Å². The summed E-state index contributed by atoms with van der Waals surface area (Å²) in [5.74, 6) is -0.684. The molecule has 3 aromatic rings. The highest BCUT2D eigenvalue weighted by molar-refractivity contribution is 5.62. The molecule has 0 amide bonds. The Morgan fingerprint density at radius 2 is 1.86 bits per heavy atom. The van der Waals surface area contributed by atoms with Gasteiger partial charge in [-0.25, -0.2) is 13.5 Å². The zero-order chi connectivity index (χ0) is 15.5. The number of hydrogen-bond acceptors (Lipinski definition) is 3. The highest BCUT2D eigenvalue weighted by Gasteiger charge is 2.15. The van der Waals surface area contributed by atoms with Gasteiger partial charge >= 0.3 is 0 Å². The first kappa shape index (κ1) is 14.3. The third kappa shape index (κ3) is 2.73. The molecular formula is C16H14F2N4. The van der Waals surface area contributed by atoms with Crippen LogP contribution in [0.5, 0.6) is 0 Å². The minimum atomic E-state index is -0.362. The van der Waals surface area contributed by atoms with Crippen LogP contribution in [0.15, 0.2) is 48.5 Å². The standard InChI is InChI=1S/C16H14F2N4/c17-13-6-3-5-11(8-13)16-15(9-19)20-21-22(16)10-12-4-1-2-7-14(12)18/h1-8H,9-10,19H2. The Morgan fingerprint density at radius 1 is 1.05 bits per heavy atom. The van der Waals surface area contributed by atoms with Gasteiger partial charge in [0.2, 0.25) is 0 Å². The first-order valence-electron chi connectivity index (χ1n) is 6.81. The summed E-state index contributed by atoms with van der Waals surface area (Å²) in [5.41, 5.74) is 7.92. The molecule has 0 aliphatic rings. The third-order valence-corrected chi connectivity index (χ3v) is 3.37. The van der Waals surface area contributed by atoms with Crippen molar-refractivity contribution in [1.82, 2.24) is 15.0 Å². The summed E-state index contributed by atoms with van der Waals surface area (Å²) < 4.78 is 28.8. The molecule has 0 aliphatic heterocycles. The van der Waals surface area contributed by atoms with E-state index in [9.17, 15) is 8.78 Å². The van der Waals surface area contributed by atoms with Gasteiger partial charge < -0.3 is 5.73 Å². The van der Waals surface area contributed by atoms with E-state index in [0.29, 0.717) is 22.5 Å². The molecule has 6 heteroatoms. The van der Waals surface area contributed by atoms with Crippen molar-refractivity contribution in [3.8, 4) is 11.3 Å². The number of benzene rings is 2. The fourth-order valence-electron chi connectivity index (χ4n) is 2.34. The molecule has 0 saturated heterocycles. The second-order valence-electron chi connectivity index (χ2n) is 4.85. The molecule has 22 heavy (non-hydrogen) atoms. The maximum Gasteiger partial charge on any atom is 0.128 e. The van der Waals surface area contributed by atoms with Crippen LogP contribution in [0.25, 0.3) is 11.3 Å². The van der Waals surface area contributed by atoms with Crippen LogP contribution in [0.1, 0.15) is 11.3 Å². The van der Waals surface area contributed by atoms with Gasteiger partial charge in [0.25, 0.3) is 0 Å². The average molecular weight is 300 g/mol. The molecule has 0 bridgehead atoms. The van der Waals surface area contributed by atoms with Crippen LogP contribution >= 0.6 is 0 Å². The minimum absolute atomic E-state index is 0.170. The molecule has 0 aliphatic carbocycles. The molecule has 1 aromatic heterocycles. The molecule has 4 nitrogen and oxygen atoms in total. The Kier molecular flexibility index (Phi) is 3.93. The number of hydrogen-bond donors (Lipinski definition) is 1. The summed E-state index contributed by atoms with van der Waals surface area (Å²) in [6, 6.07) is 12.5. The normalized spacial score (nSPS) is 10.9. The van der Waals surface area contributed by atoms with E-state index in [4.69, 9.17) is 5.73 Å². The van der Waals surface area contributed by atoms with Gasteiger partial charge in [0.05, 0.1) is 12.2 Å². The predicted molar refractivity (Wildman–Crippen MR) is 78.8 cm³/mol. The Hall–Kier alpha value is -2.60. The van der Waals surface area contributed by atoms with E-state index < -0.39 is 0 Å². The molecule has 0 fully saturated rings. The largest absolute Gasteiger partial charge is 0.325 e. The maximum absolute atomic E-state index is 13.8. The second kappa shape index (κ2) is 6.03. The van der Waals surface area contributed by atoms with Gasteiger partial charge in [-0.05, 0) is 18.2 Å². The molecule has 0 spiro atoms. The molecule has 2 N–H and O–H groups in total. The second-order valence-corrected chi connectivity index (χ2v) is 4.85. The van der Waals surface area contributed by atoms with Gasteiger partial charge in [0, 0.05) is 17.7 Å². The van der Waals surface area contributed by atoms with Crippen LogP contribution in [-0.2, 0) is 13.1 Å². The first-order chi connectivity index (χ1) is 10.7. The van der Waals surface area contributed by atoms with Crippen molar-refractivity contribution in [1.29, 1.82) is 0 Å². The van der Waals surface area contributed by atoms with E-state index in [1.54, 1.807) is 30.3 Å². The zero-order valence-corrected chi connectivity index (χ0v) is 11.7. The van der Waals surface area contributed by atoms with Crippen molar-refractivity contribution in [3.05, 3.63) is 71.4 Å². The lowest BCUT2D eigenvalue weighted by Crippen LogP contribution is -2.07. The van der Waals surface area contributed by atoms with Crippen LogP contribution in [0.3, 0.4) is 0 Å². The van der Waals surface area contributed by atoms with E-state index >= 15 is 0 Å². The molecule has 1 heterocycles. The molecule has 0 atom stereocenters. The van der Waals surface area contributed by atoms with Crippen LogP contribution < -0.4 is 5.73 Å². The quantitative estimate of drug-likeness (QED) is 0.806. The van der Waals surface area contributed by atoms with Gasteiger partial charge in [-0.2, -0.15) is 0 Å². The molecule has 0 radical (unpaired) electrons. The summed E-state index contributed by atoms with van der Waals surface area (Å²) in [4.78, 5) is 0. The fourth-order valence-corrected chi connectivity index (χ4v) is 2.34. The Morgan fingerprint density at radius 3 is 2.59 bits per heavy atom. The lowest BCUT2D eigenvalue weighted by Gasteiger charge is -2.09. The summed E-state index contributed by atoms with van der Waals surface area (Å²) in [7, 11) is 0. The minimum Gasteiger partial charge on any atom is -0.325 e. The highest BCUT2D eigenvalue weighted by Crippen LogP contribution is 2.24. The van der Waals surface area contributed by atoms with Crippen LogP contribution in [0.4, 0.5) is 8.78 Å². The molecular weight excluding hydrogens is 286 g/mol. The predicted octanol–water partition coefficient (Wildman–Crippen LogP) is 2.73.